The van der Waals surface area contributed by atoms with Crippen molar-refractivity contribution in [1.29, 1.82) is 0 Å². The number of thiazole rings is 1. The molecule has 0 radical (unpaired) electrons. The van der Waals surface area contributed by atoms with Gasteiger partial charge in [-0.2, -0.15) is 10.2 Å². The molecule has 0 fully saturated rings. The molecule has 2 rings (SSSR count). The van der Waals surface area contributed by atoms with Crippen LogP contribution in [0.2, 0.25) is 0 Å². The standard InChI is InChI=1S/C13H15N3OS/c1-4-11-10(5-8(2)15-16-11)12(17)6-13-14-9(3)7-18-13/h5,7H,4,6H2,1-3H3. The second-order valence-electron chi connectivity index (χ2n) is 4.18. The minimum absolute atomic E-state index is 0.0687. The summed E-state index contributed by atoms with van der Waals surface area (Å²) >= 11 is 1.52. The van der Waals surface area contributed by atoms with Gasteiger partial charge in [-0.05, 0) is 26.3 Å². The Hall–Kier alpha value is -1.62. The maximum Gasteiger partial charge on any atom is 0.171 e. The maximum atomic E-state index is 12.3. The Morgan fingerprint density at radius 2 is 2.06 bits per heavy atom. The van der Waals surface area contributed by atoms with E-state index >= 15 is 0 Å². The zero-order chi connectivity index (χ0) is 13.1. The fourth-order valence-corrected chi connectivity index (χ4v) is 2.50. The lowest BCUT2D eigenvalue weighted by molar-refractivity contribution is 0.0991. The number of hydrogen-bond acceptors (Lipinski definition) is 5. The van der Waals surface area contributed by atoms with Crippen molar-refractivity contribution in [1.82, 2.24) is 15.2 Å². The van der Waals surface area contributed by atoms with E-state index in [9.17, 15) is 4.79 Å². The van der Waals surface area contributed by atoms with E-state index in [1.165, 1.54) is 11.3 Å². The maximum absolute atomic E-state index is 12.3. The molecular formula is C13H15N3OS. The molecule has 0 N–H and O–H groups in total. The van der Waals surface area contributed by atoms with Crippen LogP contribution >= 0.6 is 11.3 Å². The Morgan fingerprint density at radius 3 is 2.67 bits per heavy atom. The molecule has 2 heterocycles. The summed E-state index contributed by atoms with van der Waals surface area (Å²) < 4.78 is 0. The highest BCUT2D eigenvalue weighted by atomic mass is 32.1. The molecule has 18 heavy (non-hydrogen) atoms. The van der Waals surface area contributed by atoms with Crippen molar-refractivity contribution in [2.24, 2.45) is 0 Å². The zero-order valence-corrected chi connectivity index (χ0v) is 11.5. The molecule has 0 atom stereocenters. The fraction of sp³-hybridized carbons (Fsp3) is 0.385. The van der Waals surface area contributed by atoms with Crippen LogP contribution in [0.15, 0.2) is 11.4 Å². The van der Waals surface area contributed by atoms with Gasteiger partial charge in [0.15, 0.2) is 5.78 Å². The molecule has 0 spiro atoms. The van der Waals surface area contributed by atoms with Gasteiger partial charge in [-0.3, -0.25) is 4.79 Å². The van der Waals surface area contributed by atoms with E-state index in [0.29, 0.717) is 18.4 Å². The molecule has 0 aliphatic carbocycles. The van der Waals surface area contributed by atoms with Crippen molar-refractivity contribution >= 4 is 17.1 Å². The molecule has 2 aromatic rings. The number of ketones is 1. The molecule has 0 amide bonds. The normalized spacial score (nSPS) is 10.6. The molecule has 0 aliphatic rings. The molecular weight excluding hydrogens is 246 g/mol. The minimum Gasteiger partial charge on any atom is -0.294 e. The summed E-state index contributed by atoms with van der Waals surface area (Å²) in [5.41, 5.74) is 3.17. The van der Waals surface area contributed by atoms with Crippen LogP contribution in [0.25, 0.3) is 0 Å². The number of aryl methyl sites for hydroxylation is 3. The third kappa shape index (κ3) is 2.79. The average molecular weight is 261 g/mol. The number of nitrogens with zero attached hydrogens (tertiary/aromatic N) is 3. The van der Waals surface area contributed by atoms with E-state index in [1.54, 1.807) is 0 Å². The van der Waals surface area contributed by atoms with E-state index in [-0.39, 0.29) is 5.78 Å². The van der Waals surface area contributed by atoms with Gasteiger partial charge in [-0.25, -0.2) is 4.98 Å². The van der Waals surface area contributed by atoms with Gasteiger partial charge < -0.3 is 0 Å². The molecule has 0 saturated carbocycles. The summed E-state index contributed by atoms with van der Waals surface area (Å²) in [6.45, 7) is 5.75. The number of hydrogen-bond donors (Lipinski definition) is 0. The van der Waals surface area contributed by atoms with Crippen molar-refractivity contribution in [3.05, 3.63) is 39.1 Å². The lowest BCUT2D eigenvalue weighted by Crippen LogP contribution is -2.10. The summed E-state index contributed by atoms with van der Waals surface area (Å²) in [6.07, 6.45) is 1.06. The van der Waals surface area contributed by atoms with Crippen LogP contribution in [-0.4, -0.2) is 21.0 Å². The molecule has 0 unspecified atom stereocenters. The van der Waals surface area contributed by atoms with Crippen molar-refractivity contribution < 1.29 is 4.79 Å². The summed E-state index contributed by atoms with van der Waals surface area (Å²) in [7, 11) is 0. The first-order chi connectivity index (χ1) is 8.60. The lowest BCUT2D eigenvalue weighted by Gasteiger charge is -2.05. The predicted octanol–water partition coefficient (Wildman–Crippen LogP) is 2.54. The Balaban J connectivity index is 2.25. The summed E-state index contributed by atoms with van der Waals surface area (Å²) in [5, 5.41) is 10.9. The van der Waals surface area contributed by atoms with Gasteiger partial charge in [-0.1, -0.05) is 6.92 Å². The predicted molar refractivity (Wildman–Crippen MR) is 71.0 cm³/mol. The van der Waals surface area contributed by atoms with E-state index in [4.69, 9.17) is 0 Å². The number of carbonyl (C=O) groups is 1. The van der Waals surface area contributed by atoms with E-state index in [1.807, 2.05) is 32.2 Å². The Labute approximate surface area is 110 Å². The van der Waals surface area contributed by atoms with Gasteiger partial charge in [0.05, 0.1) is 17.8 Å². The Kier molecular flexibility index (Phi) is 3.81. The van der Waals surface area contributed by atoms with Crippen molar-refractivity contribution in [3.63, 3.8) is 0 Å². The molecule has 0 aromatic carbocycles. The van der Waals surface area contributed by atoms with Gasteiger partial charge in [-0.15, -0.1) is 11.3 Å². The van der Waals surface area contributed by atoms with Crippen LogP contribution in [0.1, 0.15) is 39.4 Å². The number of carbonyl (C=O) groups excluding carboxylic acids is 1. The van der Waals surface area contributed by atoms with Gasteiger partial charge in [0.1, 0.15) is 5.01 Å². The summed E-state index contributed by atoms with van der Waals surface area (Å²) in [6, 6.07) is 1.81. The minimum atomic E-state index is 0.0687. The highest BCUT2D eigenvalue weighted by Crippen LogP contribution is 2.15. The quantitative estimate of drug-likeness (QED) is 0.794. The Morgan fingerprint density at radius 1 is 1.28 bits per heavy atom. The average Bonchev–Trinajstić information content (AvgIpc) is 2.74. The number of aromatic nitrogens is 3. The van der Waals surface area contributed by atoms with Crippen LogP contribution < -0.4 is 0 Å². The second kappa shape index (κ2) is 5.35. The monoisotopic (exact) mass is 261 g/mol. The number of Topliss-reactive ketones (excluding diaryl/α,β-unsaturated/α-hetero) is 1. The molecule has 5 heteroatoms. The van der Waals surface area contributed by atoms with Gasteiger partial charge in [0.25, 0.3) is 0 Å². The first-order valence-electron chi connectivity index (χ1n) is 5.87. The van der Waals surface area contributed by atoms with Crippen LogP contribution in [-0.2, 0) is 12.8 Å². The topological polar surface area (TPSA) is 55.7 Å². The van der Waals surface area contributed by atoms with Crippen molar-refractivity contribution in [3.8, 4) is 0 Å². The van der Waals surface area contributed by atoms with Gasteiger partial charge in [0, 0.05) is 16.6 Å². The largest absolute Gasteiger partial charge is 0.294 e. The smallest absolute Gasteiger partial charge is 0.171 e. The van der Waals surface area contributed by atoms with E-state index in [2.05, 4.69) is 15.2 Å². The molecule has 0 aliphatic heterocycles. The SMILES string of the molecule is CCc1nnc(C)cc1C(=O)Cc1nc(C)cs1. The summed E-state index contributed by atoms with van der Waals surface area (Å²) in [4.78, 5) is 16.6. The summed E-state index contributed by atoms with van der Waals surface area (Å²) in [5.74, 6) is 0.0687. The second-order valence-corrected chi connectivity index (χ2v) is 5.12. The van der Waals surface area contributed by atoms with Gasteiger partial charge in [0.2, 0.25) is 0 Å². The van der Waals surface area contributed by atoms with Crippen molar-refractivity contribution in [2.75, 3.05) is 0 Å². The van der Waals surface area contributed by atoms with Crippen LogP contribution in [0.5, 0.6) is 0 Å². The third-order valence-corrected chi connectivity index (χ3v) is 3.57. The van der Waals surface area contributed by atoms with E-state index < -0.39 is 0 Å². The number of rotatable bonds is 4. The molecule has 0 saturated heterocycles. The molecule has 94 valence electrons. The van der Waals surface area contributed by atoms with Crippen LogP contribution in [0.4, 0.5) is 0 Å². The zero-order valence-electron chi connectivity index (χ0n) is 10.7. The Bertz CT molecular complexity index is 577. The van der Waals surface area contributed by atoms with Crippen LogP contribution in [0, 0.1) is 13.8 Å². The van der Waals surface area contributed by atoms with Crippen molar-refractivity contribution in [2.45, 2.75) is 33.6 Å². The highest BCUT2D eigenvalue weighted by Gasteiger charge is 2.15. The van der Waals surface area contributed by atoms with E-state index in [0.717, 1.165) is 22.1 Å². The van der Waals surface area contributed by atoms with Crippen LogP contribution in [0.3, 0.4) is 0 Å². The van der Waals surface area contributed by atoms with Gasteiger partial charge >= 0.3 is 0 Å². The highest BCUT2D eigenvalue weighted by molar-refractivity contribution is 7.09. The molecule has 4 nitrogen and oxygen atoms in total. The lowest BCUT2D eigenvalue weighted by atomic mass is 10.1. The first-order valence-corrected chi connectivity index (χ1v) is 6.75. The first kappa shape index (κ1) is 12.8. The molecule has 0 bridgehead atoms. The third-order valence-electron chi connectivity index (χ3n) is 2.61. The molecule has 2 aromatic heterocycles. The fourth-order valence-electron chi connectivity index (χ4n) is 1.73.